The smallest absolute Gasteiger partial charge is 0.251 e. The summed E-state index contributed by atoms with van der Waals surface area (Å²) in [5.41, 5.74) is 2.08. The molecule has 0 aliphatic carbocycles. The zero-order valence-corrected chi connectivity index (χ0v) is 12.4. The van der Waals surface area contributed by atoms with Gasteiger partial charge in [0.25, 0.3) is 5.91 Å². The first-order valence-electron chi connectivity index (χ1n) is 6.48. The van der Waals surface area contributed by atoms with Gasteiger partial charge < -0.3 is 5.32 Å². The van der Waals surface area contributed by atoms with E-state index < -0.39 is 0 Å². The first kappa shape index (κ1) is 14.7. The fraction of sp³-hybridized carbons (Fsp3) is 0.562. The summed E-state index contributed by atoms with van der Waals surface area (Å²) in [5.74, 6) is -0.00944. The first-order chi connectivity index (χ1) is 8.07. The van der Waals surface area contributed by atoms with Crippen molar-refractivity contribution in [3.63, 3.8) is 0 Å². The summed E-state index contributed by atoms with van der Waals surface area (Å²) < 4.78 is 0. The molecule has 1 N–H and O–H groups in total. The summed E-state index contributed by atoms with van der Waals surface area (Å²) >= 11 is 0. The predicted molar refractivity (Wildman–Crippen MR) is 76.8 cm³/mol. The molecule has 1 rings (SSSR count). The van der Waals surface area contributed by atoms with Gasteiger partial charge in [-0.25, -0.2) is 0 Å². The van der Waals surface area contributed by atoms with Crippen molar-refractivity contribution in [1.29, 1.82) is 0 Å². The average Bonchev–Trinajstić information content (AvgIpc) is 2.13. The molecule has 100 valence electrons. The minimum Gasteiger partial charge on any atom is -0.347 e. The second-order valence-corrected chi connectivity index (χ2v) is 7.14. The summed E-state index contributed by atoms with van der Waals surface area (Å²) in [7, 11) is 0. The van der Waals surface area contributed by atoms with Crippen molar-refractivity contribution >= 4 is 5.91 Å². The van der Waals surface area contributed by atoms with E-state index in [1.165, 1.54) is 5.56 Å². The Morgan fingerprint density at radius 1 is 1.00 bits per heavy atom. The van der Waals surface area contributed by atoms with Crippen LogP contribution in [0.25, 0.3) is 0 Å². The van der Waals surface area contributed by atoms with E-state index in [0.29, 0.717) is 0 Å². The Morgan fingerprint density at radius 2 is 1.50 bits per heavy atom. The fourth-order valence-electron chi connectivity index (χ4n) is 1.80. The third-order valence-corrected chi connectivity index (χ3v) is 2.44. The van der Waals surface area contributed by atoms with Gasteiger partial charge in [-0.2, -0.15) is 0 Å². The van der Waals surface area contributed by atoms with Gasteiger partial charge in [0.1, 0.15) is 0 Å². The van der Waals surface area contributed by atoms with Gasteiger partial charge in [0.05, 0.1) is 0 Å². The van der Waals surface area contributed by atoms with E-state index in [-0.39, 0.29) is 16.9 Å². The maximum atomic E-state index is 11.9. The van der Waals surface area contributed by atoms with Gasteiger partial charge >= 0.3 is 0 Å². The van der Waals surface area contributed by atoms with Crippen molar-refractivity contribution in [3.05, 3.63) is 35.4 Å². The Bertz CT molecular complexity index is 404. The Morgan fingerprint density at radius 3 is 1.89 bits per heavy atom. The maximum absolute atomic E-state index is 11.9. The first-order valence-corrected chi connectivity index (χ1v) is 6.48. The van der Waals surface area contributed by atoms with Gasteiger partial charge in [0.2, 0.25) is 0 Å². The molecular weight excluding hydrogens is 222 g/mol. The predicted octanol–water partition coefficient (Wildman–Crippen LogP) is 3.80. The van der Waals surface area contributed by atoms with Crippen LogP contribution in [0.5, 0.6) is 0 Å². The van der Waals surface area contributed by atoms with E-state index >= 15 is 0 Å². The third kappa shape index (κ3) is 5.35. The van der Waals surface area contributed by atoms with Crippen LogP contribution in [0, 0.1) is 5.41 Å². The molecule has 0 atom stereocenters. The molecular formula is C16H25NO. The Kier molecular flexibility index (Phi) is 4.20. The fourth-order valence-corrected chi connectivity index (χ4v) is 1.80. The third-order valence-electron chi connectivity index (χ3n) is 2.44. The normalized spacial score (nSPS) is 12.3. The van der Waals surface area contributed by atoms with Crippen LogP contribution in [-0.2, 0) is 6.42 Å². The summed E-state index contributed by atoms with van der Waals surface area (Å²) in [6, 6.07) is 7.90. The molecule has 0 aromatic heterocycles. The van der Waals surface area contributed by atoms with Crippen LogP contribution in [0.1, 0.15) is 57.5 Å². The number of rotatable bonds is 2. The highest BCUT2D eigenvalue weighted by molar-refractivity contribution is 5.94. The van der Waals surface area contributed by atoms with E-state index in [1.807, 2.05) is 45.0 Å². The van der Waals surface area contributed by atoms with E-state index in [1.54, 1.807) is 0 Å². The zero-order valence-electron chi connectivity index (χ0n) is 12.4. The molecule has 0 saturated carbocycles. The van der Waals surface area contributed by atoms with Crippen LogP contribution in [0.3, 0.4) is 0 Å². The average molecular weight is 247 g/mol. The van der Waals surface area contributed by atoms with Gasteiger partial charge in [-0.05, 0) is 50.3 Å². The number of benzene rings is 1. The van der Waals surface area contributed by atoms with Gasteiger partial charge in [0.15, 0.2) is 0 Å². The van der Waals surface area contributed by atoms with Crippen LogP contribution in [-0.4, -0.2) is 11.4 Å². The topological polar surface area (TPSA) is 29.1 Å². The minimum atomic E-state index is -0.193. The molecule has 2 nitrogen and oxygen atoms in total. The molecule has 1 aromatic carbocycles. The molecule has 0 unspecified atom stereocenters. The number of carbonyl (C=O) groups excluding carboxylic acids is 1. The van der Waals surface area contributed by atoms with Gasteiger partial charge in [-0.1, -0.05) is 32.9 Å². The molecule has 18 heavy (non-hydrogen) atoms. The van der Waals surface area contributed by atoms with Crippen LogP contribution in [0.2, 0.25) is 0 Å². The highest BCUT2D eigenvalue weighted by Gasteiger charge is 2.16. The van der Waals surface area contributed by atoms with Crippen molar-refractivity contribution < 1.29 is 4.79 Å². The highest BCUT2D eigenvalue weighted by atomic mass is 16.1. The van der Waals surface area contributed by atoms with Crippen molar-refractivity contribution in [2.24, 2.45) is 5.41 Å². The lowest BCUT2D eigenvalue weighted by molar-refractivity contribution is 0.0919. The lowest BCUT2D eigenvalue weighted by Gasteiger charge is -2.21. The van der Waals surface area contributed by atoms with Gasteiger partial charge in [-0.3, -0.25) is 4.79 Å². The zero-order chi connectivity index (χ0) is 14.0. The standard InChI is InChI=1S/C16H25NO/c1-15(2,3)11-12-7-9-13(10-8-12)14(18)17-16(4,5)6/h7-10H,11H2,1-6H3,(H,17,18). The molecule has 0 saturated heterocycles. The molecule has 0 heterocycles. The largest absolute Gasteiger partial charge is 0.347 e. The number of carbonyl (C=O) groups is 1. The quantitative estimate of drug-likeness (QED) is 0.846. The van der Waals surface area contributed by atoms with Crippen LogP contribution >= 0.6 is 0 Å². The number of hydrogen-bond donors (Lipinski definition) is 1. The summed E-state index contributed by atoms with van der Waals surface area (Å²) in [4.78, 5) is 11.9. The van der Waals surface area contributed by atoms with E-state index in [9.17, 15) is 4.79 Å². The second-order valence-electron chi connectivity index (χ2n) is 7.14. The molecule has 1 aromatic rings. The summed E-state index contributed by atoms with van der Waals surface area (Å²) in [6.07, 6.45) is 1.02. The van der Waals surface area contributed by atoms with E-state index in [0.717, 1.165) is 12.0 Å². The molecule has 0 spiro atoms. The second kappa shape index (κ2) is 5.13. The van der Waals surface area contributed by atoms with Crippen LogP contribution in [0.4, 0.5) is 0 Å². The molecule has 2 heteroatoms. The monoisotopic (exact) mass is 247 g/mol. The highest BCUT2D eigenvalue weighted by Crippen LogP contribution is 2.20. The number of nitrogens with one attached hydrogen (secondary N) is 1. The van der Waals surface area contributed by atoms with Crippen molar-refractivity contribution in [3.8, 4) is 0 Å². The SMILES string of the molecule is CC(C)(C)Cc1ccc(C(=O)NC(C)(C)C)cc1. The van der Waals surface area contributed by atoms with Crippen molar-refractivity contribution in [1.82, 2.24) is 5.32 Å². The summed E-state index contributed by atoms with van der Waals surface area (Å²) in [6.45, 7) is 12.6. The summed E-state index contributed by atoms with van der Waals surface area (Å²) in [5, 5.41) is 2.96. The Hall–Kier alpha value is -1.31. The molecule has 0 aliphatic rings. The Balaban J connectivity index is 2.74. The molecule has 0 fully saturated rings. The molecule has 0 radical (unpaired) electrons. The van der Waals surface area contributed by atoms with Crippen LogP contribution in [0.15, 0.2) is 24.3 Å². The molecule has 0 aliphatic heterocycles. The van der Waals surface area contributed by atoms with Crippen molar-refractivity contribution in [2.45, 2.75) is 53.5 Å². The molecule has 0 bridgehead atoms. The Labute approximate surface area is 111 Å². The van der Waals surface area contributed by atoms with Crippen LogP contribution < -0.4 is 5.32 Å². The number of hydrogen-bond acceptors (Lipinski definition) is 1. The van der Waals surface area contributed by atoms with Gasteiger partial charge in [0, 0.05) is 11.1 Å². The maximum Gasteiger partial charge on any atom is 0.251 e. The minimum absolute atomic E-state index is 0.00944. The van der Waals surface area contributed by atoms with Crippen molar-refractivity contribution in [2.75, 3.05) is 0 Å². The lowest BCUT2D eigenvalue weighted by Crippen LogP contribution is -2.40. The number of amides is 1. The molecule has 1 amide bonds. The van der Waals surface area contributed by atoms with E-state index in [2.05, 4.69) is 26.1 Å². The van der Waals surface area contributed by atoms with E-state index in [4.69, 9.17) is 0 Å². The van der Waals surface area contributed by atoms with Gasteiger partial charge in [-0.15, -0.1) is 0 Å². The lowest BCUT2D eigenvalue weighted by atomic mass is 9.88.